The van der Waals surface area contributed by atoms with Gasteiger partial charge < -0.3 is 19.6 Å². The summed E-state index contributed by atoms with van der Waals surface area (Å²) in [5.74, 6) is 0.840. The van der Waals surface area contributed by atoms with Crippen LogP contribution in [0.5, 0.6) is 5.75 Å². The summed E-state index contributed by atoms with van der Waals surface area (Å²) in [6, 6.07) is 12.5. The van der Waals surface area contributed by atoms with Crippen molar-refractivity contribution in [3.05, 3.63) is 52.9 Å². The molecule has 0 atom stereocenters. The van der Waals surface area contributed by atoms with Gasteiger partial charge in [0.2, 0.25) is 10.0 Å². The Hall–Kier alpha value is -2.82. The lowest BCUT2D eigenvalue weighted by molar-refractivity contribution is 0.262. The molecule has 2 aromatic carbocycles. The van der Waals surface area contributed by atoms with Crippen LogP contribution in [0.4, 0.5) is 5.69 Å². The lowest BCUT2D eigenvalue weighted by Gasteiger charge is -2.36. The average Bonchev–Trinajstić information content (AvgIpc) is 3.13. The molecule has 1 aliphatic heterocycles. The first-order chi connectivity index (χ1) is 14.4. The lowest BCUT2D eigenvalue weighted by atomic mass is 10.2. The molecule has 0 bridgehead atoms. The number of imidazole rings is 1. The first-order valence-electron chi connectivity index (χ1n) is 9.78. The molecule has 1 fully saturated rings. The number of ether oxygens (including phenoxy) is 1. The molecule has 9 nitrogen and oxygen atoms in total. The largest absolute Gasteiger partial charge is 0.497 e. The van der Waals surface area contributed by atoms with Crippen LogP contribution in [0, 0.1) is 0 Å². The van der Waals surface area contributed by atoms with Crippen LogP contribution in [-0.4, -0.2) is 69.7 Å². The molecule has 0 aliphatic carbocycles. The highest BCUT2D eigenvalue weighted by atomic mass is 32.2. The van der Waals surface area contributed by atoms with E-state index in [2.05, 4.69) is 36.6 Å². The van der Waals surface area contributed by atoms with Crippen molar-refractivity contribution >= 4 is 26.7 Å². The van der Waals surface area contributed by atoms with Crippen LogP contribution in [0.25, 0.3) is 11.0 Å². The topological polar surface area (TPSA) is 111 Å². The van der Waals surface area contributed by atoms with E-state index < -0.39 is 10.0 Å². The van der Waals surface area contributed by atoms with E-state index in [4.69, 9.17) is 4.74 Å². The SMILES string of the molecule is COc1ccc(N2CCN(CCNS(=O)(=O)c3ccc4[nH]c(=O)[nH]c4c3)CC2)cc1. The monoisotopic (exact) mass is 431 g/mol. The Morgan fingerprint density at radius 3 is 2.40 bits per heavy atom. The fraction of sp³-hybridized carbons (Fsp3) is 0.350. The van der Waals surface area contributed by atoms with Crippen molar-refractivity contribution in [2.75, 3.05) is 51.3 Å². The number of rotatable bonds is 7. The maximum atomic E-state index is 12.6. The Bertz CT molecular complexity index is 1160. The van der Waals surface area contributed by atoms with Gasteiger partial charge >= 0.3 is 5.69 Å². The molecule has 0 unspecified atom stereocenters. The van der Waals surface area contributed by atoms with Gasteiger partial charge in [-0.2, -0.15) is 0 Å². The van der Waals surface area contributed by atoms with Crippen molar-refractivity contribution in [3.63, 3.8) is 0 Å². The number of benzene rings is 2. The molecule has 0 saturated carbocycles. The van der Waals surface area contributed by atoms with Gasteiger partial charge in [-0.25, -0.2) is 17.9 Å². The molecule has 1 aromatic heterocycles. The summed E-state index contributed by atoms with van der Waals surface area (Å²) in [6.45, 7) is 4.47. The smallest absolute Gasteiger partial charge is 0.323 e. The second-order valence-corrected chi connectivity index (χ2v) is 8.98. The number of nitrogens with zero attached hydrogens (tertiary/aromatic N) is 2. The van der Waals surface area contributed by atoms with Crippen molar-refractivity contribution < 1.29 is 13.2 Å². The van der Waals surface area contributed by atoms with Gasteiger partial charge in [-0.1, -0.05) is 0 Å². The van der Waals surface area contributed by atoms with E-state index in [0.29, 0.717) is 24.1 Å². The van der Waals surface area contributed by atoms with E-state index in [9.17, 15) is 13.2 Å². The molecular weight excluding hydrogens is 406 g/mol. The van der Waals surface area contributed by atoms with Gasteiger partial charge in [-0.3, -0.25) is 4.90 Å². The minimum absolute atomic E-state index is 0.134. The van der Waals surface area contributed by atoms with E-state index in [1.165, 1.54) is 12.1 Å². The maximum absolute atomic E-state index is 12.6. The minimum atomic E-state index is -3.64. The summed E-state index contributed by atoms with van der Waals surface area (Å²) >= 11 is 0. The first-order valence-corrected chi connectivity index (χ1v) is 11.3. The second-order valence-electron chi connectivity index (χ2n) is 7.21. The maximum Gasteiger partial charge on any atom is 0.323 e. The van der Waals surface area contributed by atoms with Crippen LogP contribution < -0.4 is 20.0 Å². The Kier molecular flexibility index (Phi) is 5.80. The quantitative estimate of drug-likeness (QED) is 0.514. The predicted octanol–water partition coefficient (Wildman–Crippen LogP) is 0.965. The van der Waals surface area contributed by atoms with Gasteiger partial charge in [0, 0.05) is 45.0 Å². The van der Waals surface area contributed by atoms with Gasteiger partial charge in [-0.15, -0.1) is 0 Å². The summed E-state index contributed by atoms with van der Waals surface area (Å²) in [5, 5.41) is 0. The van der Waals surface area contributed by atoms with Crippen LogP contribution in [0.2, 0.25) is 0 Å². The fourth-order valence-electron chi connectivity index (χ4n) is 3.62. The molecule has 0 spiro atoms. The number of nitrogens with one attached hydrogen (secondary N) is 3. The van der Waals surface area contributed by atoms with Crippen LogP contribution in [0.1, 0.15) is 0 Å². The number of fused-ring (bicyclic) bond motifs is 1. The third-order valence-electron chi connectivity index (χ3n) is 5.33. The molecule has 2 heterocycles. The van der Waals surface area contributed by atoms with Crippen molar-refractivity contribution in [2.45, 2.75) is 4.90 Å². The van der Waals surface area contributed by atoms with E-state index in [1.807, 2.05) is 12.1 Å². The molecule has 0 amide bonds. The third-order valence-corrected chi connectivity index (χ3v) is 6.79. The molecule has 4 rings (SSSR count). The van der Waals surface area contributed by atoms with Crippen LogP contribution >= 0.6 is 0 Å². The zero-order chi connectivity index (χ0) is 21.1. The number of hydrogen-bond donors (Lipinski definition) is 3. The van der Waals surface area contributed by atoms with E-state index in [0.717, 1.165) is 37.6 Å². The van der Waals surface area contributed by atoms with E-state index in [-0.39, 0.29) is 10.6 Å². The molecule has 3 aromatic rings. The van der Waals surface area contributed by atoms with Crippen LogP contribution in [0.3, 0.4) is 0 Å². The Labute approximate surface area is 174 Å². The highest BCUT2D eigenvalue weighted by Crippen LogP contribution is 2.20. The zero-order valence-corrected chi connectivity index (χ0v) is 17.5. The van der Waals surface area contributed by atoms with Gasteiger partial charge in [0.15, 0.2) is 0 Å². The fourth-order valence-corrected chi connectivity index (χ4v) is 4.67. The second kappa shape index (κ2) is 8.50. The number of anilines is 1. The van der Waals surface area contributed by atoms with E-state index >= 15 is 0 Å². The molecule has 3 N–H and O–H groups in total. The molecular formula is C20H25N5O4S. The van der Waals surface area contributed by atoms with Crippen molar-refractivity contribution in [2.24, 2.45) is 0 Å². The number of piperazine rings is 1. The highest BCUT2D eigenvalue weighted by Gasteiger charge is 2.19. The summed E-state index contributed by atoms with van der Waals surface area (Å²) < 4.78 is 33.0. The number of methoxy groups -OCH3 is 1. The van der Waals surface area contributed by atoms with Gasteiger partial charge in [0.05, 0.1) is 23.0 Å². The Balaban J connectivity index is 1.28. The van der Waals surface area contributed by atoms with Crippen molar-refractivity contribution in [1.82, 2.24) is 19.6 Å². The number of aromatic amines is 2. The van der Waals surface area contributed by atoms with Gasteiger partial charge in [-0.05, 0) is 42.5 Å². The molecule has 10 heteroatoms. The minimum Gasteiger partial charge on any atom is -0.497 e. The van der Waals surface area contributed by atoms with Gasteiger partial charge in [0.25, 0.3) is 0 Å². The summed E-state index contributed by atoms with van der Waals surface area (Å²) in [4.78, 5) is 21.2. The average molecular weight is 432 g/mol. The van der Waals surface area contributed by atoms with Crippen molar-refractivity contribution in [1.29, 1.82) is 0 Å². The molecule has 0 radical (unpaired) electrons. The first kappa shape index (κ1) is 20.5. The number of H-pyrrole nitrogens is 2. The summed E-state index contributed by atoms with van der Waals surface area (Å²) in [6.07, 6.45) is 0. The number of sulfonamides is 1. The van der Waals surface area contributed by atoms with Crippen molar-refractivity contribution in [3.8, 4) is 5.75 Å². The molecule has 160 valence electrons. The Morgan fingerprint density at radius 1 is 1.00 bits per heavy atom. The molecule has 30 heavy (non-hydrogen) atoms. The lowest BCUT2D eigenvalue weighted by Crippen LogP contribution is -2.48. The third kappa shape index (κ3) is 4.50. The number of hydrogen-bond acceptors (Lipinski definition) is 6. The molecule has 1 saturated heterocycles. The van der Waals surface area contributed by atoms with E-state index in [1.54, 1.807) is 13.2 Å². The molecule has 1 aliphatic rings. The predicted molar refractivity (Wildman–Crippen MR) is 116 cm³/mol. The zero-order valence-electron chi connectivity index (χ0n) is 16.7. The van der Waals surface area contributed by atoms with Crippen LogP contribution in [-0.2, 0) is 10.0 Å². The standard InChI is InChI=1S/C20H25N5O4S/c1-29-16-4-2-15(3-5-16)25-12-10-24(11-13-25)9-8-21-30(27,28)17-6-7-18-19(14-17)23-20(26)22-18/h2-7,14,21H,8-13H2,1H3,(H2,22,23,26). The summed E-state index contributed by atoms with van der Waals surface area (Å²) in [5.41, 5.74) is 1.85. The normalized spacial score (nSPS) is 15.6. The van der Waals surface area contributed by atoms with Gasteiger partial charge in [0.1, 0.15) is 5.75 Å². The Morgan fingerprint density at radius 2 is 1.70 bits per heavy atom. The highest BCUT2D eigenvalue weighted by molar-refractivity contribution is 7.89. The summed E-state index contributed by atoms with van der Waals surface area (Å²) in [7, 11) is -1.98. The van der Waals surface area contributed by atoms with Crippen LogP contribution in [0.15, 0.2) is 52.2 Å². The number of aromatic nitrogens is 2.